The third kappa shape index (κ3) is 6.59. The standard InChI is InChI=1S/C24H33N3O2S/c1-28-22-12-13-23(29-2)20(15-22)18-27(17-19-9-8-14-25-16-19)24(30)26-21-10-6-4-3-5-7-11-21/h8-9,12-16,21H,3-7,10-11,17-18H2,1-2H3,(H,26,30). The van der Waals surface area contributed by atoms with Crippen LogP contribution < -0.4 is 14.8 Å². The number of hydrogen-bond donors (Lipinski definition) is 1. The Morgan fingerprint density at radius 2 is 1.83 bits per heavy atom. The maximum atomic E-state index is 5.90. The molecule has 0 amide bonds. The number of hydrogen-bond acceptors (Lipinski definition) is 4. The van der Waals surface area contributed by atoms with E-state index in [1.54, 1.807) is 20.4 Å². The molecule has 1 saturated carbocycles. The van der Waals surface area contributed by atoms with Crippen LogP contribution in [0.2, 0.25) is 0 Å². The molecule has 1 aromatic heterocycles. The summed E-state index contributed by atoms with van der Waals surface area (Å²) in [5, 5.41) is 4.44. The molecule has 2 aromatic rings. The van der Waals surface area contributed by atoms with Gasteiger partial charge in [-0.2, -0.15) is 0 Å². The SMILES string of the molecule is COc1ccc(OC)c(CN(Cc2cccnc2)C(=S)NC2CCCCCCC2)c1. The van der Waals surface area contributed by atoms with Crippen LogP contribution >= 0.6 is 12.2 Å². The lowest BCUT2D eigenvalue weighted by molar-refractivity contribution is 0.354. The van der Waals surface area contributed by atoms with Gasteiger partial charge < -0.3 is 19.7 Å². The van der Waals surface area contributed by atoms with Gasteiger partial charge in [-0.25, -0.2) is 0 Å². The van der Waals surface area contributed by atoms with E-state index in [4.69, 9.17) is 21.7 Å². The van der Waals surface area contributed by atoms with Crippen molar-refractivity contribution in [2.45, 2.75) is 64.1 Å². The minimum atomic E-state index is 0.446. The summed E-state index contributed by atoms with van der Waals surface area (Å²) in [6.45, 7) is 1.32. The molecule has 0 saturated heterocycles. The Labute approximate surface area is 185 Å². The highest BCUT2D eigenvalue weighted by Gasteiger charge is 2.19. The highest BCUT2D eigenvalue weighted by atomic mass is 32.1. The fourth-order valence-corrected chi connectivity index (χ4v) is 4.28. The number of nitrogens with one attached hydrogen (secondary N) is 1. The van der Waals surface area contributed by atoms with E-state index in [0.29, 0.717) is 19.1 Å². The highest BCUT2D eigenvalue weighted by molar-refractivity contribution is 7.80. The second-order valence-electron chi connectivity index (χ2n) is 7.89. The second kappa shape index (κ2) is 11.7. The van der Waals surface area contributed by atoms with Crippen molar-refractivity contribution in [2.24, 2.45) is 0 Å². The molecule has 1 aliphatic rings. The Balaban J connectivity index is 1.78. The van der Waals surface area contributed by atoms with Crippen molar-refractivity contribution in [3.8, 4) is 11.5 Å². The lowest BCUT2D eigenvalue weighted by atomic mass is 9.97. The number of ether oxygens (including phenoxy) is 2. The first-order valence-corrected chi connectivity index (χ1v) is 11.3. The summed E-state index contributed by atoms with van der Waals surface area (Å²) in [5.74, 6) is 1.65. The number of aromatic nitrogens is 1. The molecule has 1 heterocycles. The van der Waals surface area contributed by atoms with Gasteiger partial charge in [0.2, 0.25) is 0 Å². The van der Waals surface area contributed by atoms with E-state index in [0.717, 1.165) is 27.7 Å². The van der Waals surface area contributed by atoms with Crippen molar-refractivity contribution in [1.29, 1.82) is 0 Å². The normalized spacial score (nSPS) is 15.0. The molecule has 0 atom stereocenters. The quantitative estimate of drug-likeness (QED) is 0.621. The summed E-state index contributed by atoms with van der Waals surface area (Å²) < 4.78 is 11.0. The van der Waals surface area contributed by atoms with Crippen molar-refractivity contribution in [1.82, 2.24) is 15.2 Å². The lowest BCUT2D eigenvalue weighted by Crippen LogP contribution is -2.44. The van der Waals surface area contributed by atoms with E-state index in [2.05, 4.69) is 21.3 Å². The molecule has 5 nitrogen and oxygen atoms in total. The van der Waals surface area contributed by atoms with Crippen molar-refractivity contribution >= 4 is 17.3 Å². The van der Waals surface area contributed by atoms with Gasteiger partial charge >= 0.3 is 0 Å². The average molecular weight is 428 g/mol. The van der Waals surface area contributed by atoms with Crippen LogP contribution in [0.25, 0.3) is 0 Å². The zero-order valence-electron chi connectivity index (χ0n) is 18.1. The largest absolute Gasteiger partial charge is 0.497 e. The number of methoxy groups -OCH3 is 2. The van der Waals surface area contributed by atoms with E-state index in [9.17, 15) is 0 Å². The topological polar surface area (TPSA) is 46.6 Å². The maximum Gasteiger partial charge on any atom is 0.169 e. The van der Waals surface area contributed by atoms with Gasteiger partial charge in [0, 0.05) is 37.1 Å². The fraction of sp³-hybridized carbons (Fsp3) is 0.500. The van der Waals surface area contributed by atoms with Crippen LogP contribution in [0.1, 0.15) is 56.1 Å². The number of thiocarbonyl (C=S) groups is 1. The molecule has 0 radical (unpaired) electrons. The van der Waals surface area contributed by atoms with Crippen molar-refractivity contribution in [3.63, 3.8) is 0 Å². The minimum Gasteiger partial charge on any atom is -0.497 e. The molecule has 0 aliphatic heterocycles. The van der Waals surface area contributed by atoms with E-state index >= 15 is 0 Å². The molecule has 1 fully saturated rings. The summed E-state index contributed by atoms with van der Waals surface area (Å²) in [6, 6.07) is 10.4. The van der Waals surface area contributed by atoms with E-state index in [1.807, 2.05) is 30.5 Å². The number of nitrogens with zero attached hydrogens (tertiary/aromatic N) is 2. The lowest BCUT2D eigenvalue weighted by Gasteiger charge is -2.30. The first-order valence-electron chi connectivity index (χ1n) is 10.8. The summed E-state index contributed by atoms with van der Waals surface area (Å²) in [5.41, 5.74) is 2.17. The first kappa shape index (κ1) is 22.3. The van der Waals surface area contributed by atoms with Gasteiger partial charge in [-0.15, -0.1) is 0 Å². The van der Waals surface area contributed by atoms with Crippen molar-refractivity contribution < 1.29 is 9.47 Å². The van der Waals surface area contributed by atoms with Crippen LogP contribution in [0.4, 0.5) is 0 Å². The van der Waals surface area contributed by atoms with Gasteiger partial charge in [0.25, 0.3) is 0 Å². The predicted molar refractivity (Wildman–Crippen MR) is 125 cm³/mol. The van der Waals surface area contributed by atoms with Crippen molar-refractivity contribution in [2.75, 3.05) is 14.2 Å². The van der Waals surface area contributed by atoms with Gasteiger partial charge in [-0.3, -0.25) is 4.98 Å². The van der Waals surface area contributed by atoms with Crippen LogP contribution in [0, 0.1) is 0 Å². The van der Waals surface area contributed by atoms with Crippen LogP contribution in [-0.2, 0) is 13.1 Å². The predicted octanol–water partition coefficient (Wildman–Crippen LogP) is 5.09. The molecule has 6 heteroatoms. The zero-order chi connectivity index (χ0) is 21.2. The Morgan fingerprint density at radius 3 is 2.50 bits per heavy atom. The molecule has 0 bridgehead atoms. The number of pyridine rings is 1. The molecule has 1 N–H and O–H groups in total. The van der Waals surface area contributed by atoms with Crippen LogP contribution in [0.15, 0.2) is 42.7 Å². The third-order valence-electron chi connectivity index (χ3n) is 5.66. The molecule has 1 aliphatic carbocycles. The van der Waals surface area contributed by atoms with Gasteiger partial charge in [-0.1, -0.05) is 38.2 Å². The summed E-state index contributed by atoms with van der Waals surface area (Å²) in [7, 11) is 3.38. The molecule has 1 aromatic carbocycles. The van der Waals surface area contributed by atoms with E-state index in [-0.39, 0.29) is 0 Å². The maximum absolute atomic E-state index is 5.90. The van der Waals surface area contributed by atoms with Gasteiger partial charge in [0.1, 0.15) is 11.5 Å². The van der Waals surface area contributed by atoms with Crippen LogP contribution in [-0.4, -0.2) is 35.3 Å². The monoisotopic (exact) mass is 427 g/mol. The third-order valence-corrected chi connectivity index (χ3v) is 6.04. The minimum absolute atomic E-state index is 0.446. The number of benzene rings is 1. The van der Waals surface area contributed by atoms with Gasteiger partial charge in [0.05, 0.1) is 14.2 Å². The summed E-state index contributed by atoms with van der Waals surface area (Å²) in [4.78, 5) is 6.47. The summed E-state index contributed by atoms with van der Waals surface area (Å²) in [6.07, 6.45) is 12.6. The molecular formula is C24H33N3O2S. The van der Waals surface area contributed by atoms with Crippen molar-refractivity contribution in [3.05, 3.63) is 53.9 Å². The van der Waals surface area contributed by atoms with Gasteiger partial charge in [0.15, 0.2) is 5.11 Å². The molecular weight excluding hydrogens is 394 g/mol. The van der Waals surface area contributed by atoms with Gasteiger partial charge in [-0.05, 0) is 54.9 Å². The Kier molecular flexibility index (Phi) is 8.75. The molecule has 3 rings (SSSR count). The second-order valence-corrected chi connectivity index (χ2v) is 8.27. The Bertz CT molecular complexity index is 792. The average Bonchev–Trinajstić information content (AvgIpc) is 2.75. The fourth-order valence-electron chi connectivity index (χ4n) is 3.99. The van der Waals surface area contributed by atoms with Crippen LogP contribution in [0.5, 0.6) is 11.5 Å². The van der Waals surface area contributed by atoms with E-state index in [1.165, 1.54) is 44.9 Å². The first-order chi connectivity index (χ1) is 14.7. The Morgan fingerprint density at radius 1 is 1.07 bits per heavy atom. The Hall–Kier alpha value is -2.34. The number of rotatable bonds is 7. The molecule has 0 spiro atoms. The molecule has 162 valence electrons. The van der Waals surface area contributed by atoms with E-state index < -0.39 is 0 Å². The van der Waals surface area contributed by atoms with Crippen LogP contribution in [0.3, 0.4) is 0 Å². The highest BCUT2D eigenvalue weighted by Crippen LogP contribution is 2.26. The molecule has 30 heavy (non-hydrogen) atoms. The molecule has 0 unspecified atom stereocenters. The smallest absolute Gasteiger partial charge is 0.169 e. The summed E-state index contributed by atoms with van der Waals surface area (Å²) >= 11 is 5.90. The zero-order valence-corrected chi connectivity index (χ0v) is 18.9.